The monoisotopic (exact) mass is 329 g/mol. The van der Waals surface area contributed by atoms with Gasteiger partial charge in [0.15, 0.2) is 11.4 Å². The van der Waals surface area contributed by atoms with Crippen LogP contribution in [0.2, 0.25) is 0 Å². The molecular weight excluding hydrogens is 310 g/mol. The van der Waals surface area contributed by atoms with Gasteiger partial charge in [-0.15, -0.1) is 0 Å². The number of nitrogens with zero attached hydrogens (tertiary/aromatic N) is 3. The van der Waals surface area contributed by atoms with E-state index >= 15 is 0 Å². The van der Waals surface area contributed by atoms with E-state index in [0.717, 1.165) is 0 Å². The minimum Gasteiger partial charge on any atom is -0.487 e. The molecule has 2 rings (SSSR count). The average Bonchev–Trinajstić information content (AvgIpc) is 2.81. The molecule has 0 atom stereocenters. The number of nitriles is 1. The van der Waals surface area contributed by atoms with Gasteiger partial charge in [-0.2, -0.15) is 10.2 Å². The van der Waals surface area contributed by atoms with E-state index in [2.05, 4.69) is 4.98 Å². The van der Waals surface area contributed by atoms with Gasteiger partial charge in [0.1, 0.15) is 17.3 Å². The maximum atomic E-state index is 11.2. The van der Waals surface area contributed by atoms with E-state index in [1.165, 1.54) is 6.08 Å². The Morgan fingerprint density at radius 1 is 1.33 bits per heavy atom. The number of ether oxygens (including phenoxy) is 2. The SMILES string of the molecule is CC(C)Oc1nc2c(OC(C)C)cccn2c1C=C(C#N)C(=O)O. The second-order valence-electron chi connectivity index (χ2n) is 5.68. The van der Waals surface area contributed by atoms with Crippen molar-refractivity contribution in [2.24, 2.45) is 0 Å². The van der Waals surface area contributed by atoms with Crippen molar-refractivity contribution in [1.82, 2.24) is 9.38 Å². The summed E-state index contributed by atoms with van der Waals surface area (Å²) in [6.07, 6.45) is 2.76. The van der Waals surface area contributed by atoms with E-state index in [1.54, 1.807) is 28.8 Å². The molecule has 0 spiro atoms. The number of hydrogen-bond donors (Lipinski definition) is 1. The van der Waals surface area contributed by atoms with Crippen molar-refractivity contribution < 1.29 is 19.4 Å². The first-order valence-corrected chi connectivity index (χ1v) is 7.53. The highest BCUT2D eigenvalue weighted by molar-refractivity contribution is 5.96. The number of carboxylic acids is 1. The first-order chi connectivity index (χ1) is 11.3. The molecule has 0 bridgehead atoms. The number of rotatable bonds is 6. The fraction of sp³-hybridized carbons (Fsp3) is 0.353. The van der Waals surface area contributed by atoms with Crippen LogP contribution in [0.1, 0.15) is 33.4 Å². The van der Waals surface area contributed by atoms with Gasteiger partial charge in [0, 0.05) is 6.20 Å². The summed E-state index contributed by atoms with van der Waals surface area (Å²) in [6.45, 7) is 7.48. The largest absolute Gasteiger partial charge is 0.487 e. The van der Waals surface area contributed by atoms with Crippen LogP contribution in [-0.4, -0.2) is 32.7 Å². The third kappa shape index (κ3) is 3.66. The quantitative estimate of drug-likeness (QED) is 0.646. The number of hydrogen-bond acceptors (Lipinski definition) is 5. The molecule has 1 N–H and O–H groups in total. The van der Waals surface area contributed by atoms with Crippen molar-refractivity contribution in [2.75, 3.05) is 0 Å². The molecule has 7 nitrogen and oxygen atoms in total. The Kier molecular flexibility index (Phi) is 5.09. The molecule has 7 heteroatoms. The highest BCUT2D eigenvalue weighted by Gasteiger charge is 2.19. The van der Waals surface area contributed by atoms with E-state index in [9.17, 15) is 4.79 Å². The van der Waals surface area contributed by atoms with Crippen molar-refractivity contribution in [3.63, 3.8) is 0 Å². The second kappa shape index (κ2) is 7.04. The summed E-state index contributed by atoms with van der Waals surface area (Å²) in [4.78, 5) is 15.6. The van der Waals surface area contributed by atoms with Crippen molar-refractivity contribution in [1.29, 1.82) is 5.26 Å². The first kappa shape index (κ1) is 17.3. The molecule has 0 amide bonds. The molecular formula is C17H19N3O4. The summed E-state index contributed by atoms with van der Waals surface area (Å²) in [5, 5.41) is 18.1. The van der Waals surface area contributed by atoms with Crippen molar-refractivity contribution in [3.05, 3.63) is 29.6 Å². The summed E-state index contributed by atoms with van der Waals surface area (Å²) in [5.41, 5.74) is 0.475. The number of carboxylic acid groups (broad SMARTS) is 1. The van der Waals surface area contributed by atoms with Gasteiger partial charge in [0.05, 0.1) is 12.2 Å². The Bertz CT molecular complexity index is 828. The maximum absolute atomic E-state index is 11.2. The molecule has 2 heterocycles. The summed E-state index contributed by atoms with van der Waals surface area (Å²) in [5.74, 6) is -0.508. The molecule has 2 aromatic rings. The van der Waals surface area contributed by atoms with E-state index < -0.39 is 11.5 Å². The molecule has 0 aliphatic rings. The summed E-state index contributed by atoms with van der Waals surface area (Å²) in [7, 11) is 0. The molecule has 0 aliphatic heterocycles. The maximum Gasteiger partial charge on any atom is 0.346 e. The van der Waals surface area contributed by atoms with Gasteiger partial charge in [0.2, 0.25) is 5.88 Å². The zero-order chi connectivity index (χ0) is 17.9. The zero-order valence-corrected chi connectivity index (χ0v) is 14.0. The molecule has 0 fully saturated rings. The van der Waals surface area contributed by atoms with Gasteiger partial charge in [-0.3, -0.25) is 4.40 Å². The van der Waals surface area contributed by atoms with E-state index in [1.807, 2.05) is 27.7 Å². The molecule has 126 valence electrons. The van der Waals surface area contributed by atoms with Crippen molar-refractivity contribution in [3.8, 4) is 17.7 Å². The molecule has 0 unspecified atom stereocenters. The number of carbonyl (C=O) groups is 1. The average molecular weight is 329 g/mol. The van der Waals surface area contributed by atoms with Crippen molar-refractivity contribution in [2.45, 2.75) is 39.9 Å². The zero-order valence-electron chi connectivity index (χ0n) is 14.0. The Labute approximate surface area is 139 Å². The lowest BCUT2D eigenvalue weighted by molar-refractivity contribution is -0.132. The highest BCUT2D eigenvalue weighted by atomic mass is 16.5. The van der Waals surface area contributed by atoms with Gasteiger partial charge >= 0.3 is 5.97 Å². The van der Waals surface area contributed by atoms with Crippen LogP contribution in [0.25, 0.3) is 11.7 Å². The van der Waals surface area contributed by atoms with Gasteiger partial charge in [-0.25, -0.2) is 4.79 Å². The molecule has 0 radical (unpaired) electrons. The summed E-state index contributed by atoms with van der Waals surface area (Å²) < 4.78 is 13.1. The minimum atomic E-state index is -1.31. The number of aliphatic carboxylic acids is 1. The lowest BCUT2D eigenvalue weighted by atomic mass is 10.2. The van der Waals surface area contributed by atoms with E-state index in [-0.39, 0.29) is 18.1 Å². The van der Waals surface area contributed by atoms with Crippen LogP contribution in [0, 0.1) is 11.3 Å². The molecule has 0 aliphatic carbocycles. The highest BCUT2D eigenvalue weighted by Crippen LogP contribution is 2.29. The normalized spacial score (nSPS) is 11.8. The Morgan fingerprint density at radius 3 is 2.54 bits per heavy atom. The van der Waals surface area contributed by atoms with Gasteiger partial charge in [0.25, 0.3) is 0 Å². The first-order valence-electron chi connectivity index (χ1n) is 7.53. The fourth-order valence-electron chi connectivity index (χ4n) is 2.11. The fourth-order valence-corrected chi connectivity index (χ4v) is 2.11. The van der Waals surface area contributed by atoms with Crippen LogP contribution in [-0.2, 0) is 4.79 Å². The van der Waals surface area contributed by atoms with Gasteiger partial charge in [-0.1, -0.05) is 0 Å². The number of fused-ring (bicyclic) bond motifs is 1. The molecule has 24 heavy (non-hydrogen) atoms. The van der Waals surface area contributed by atoms with Crippen molar-refractivity contribution >= 4 is 17.7 Å². The minimum absolute atomic E-state index is 0.0463. The molecule has 2 aromatic heterocycles. The molecule has 0 saturated heterocycles. The number of pyridine rings is 1. The smallest absolute Gasteiger partial charge is 0.346 e. The Balaban J connectivity index is 2.71. The third-order valence-corrected chi connectivity index (χ3v) is 2.96. The lowest BCUT2D eigenvalue weighted by Gasteiger charge is -2.10. The molecule has 0 saturated carbocycles. The van der Waals surface area contributed by atoms with Crippen LogP contribution in [0.3, 0.4) is 0 Å². The number of imidazole rings is 1. The van der Waals surface area contributed by atoms with Crippen LogP contribution >= 0.6 is 0 Å². The Morgan fingerprint density at radius 2 is 2.00 bits per heavy atom. The lowest BCUT2D eigenvalue weighted by Crippen LogP contribution is -2.07. The van der Waals surface area contributed by atoms with E-state index in [4.69, 9.17) is 19.8 Å². The van der Waals surface area contributed by atoms with Crippen LogP contribution in [0.15, 0.2) is 23.9 Å². The van der Waals surface area contributed by atoms with Gasteiger partial charge in [-0.05, 0) is 45.9 Å². The third-order valence-electron chi connectivity index (χ3n) is 2.96. The summed E-state index contributed by atoms with van der Waals surface area (Å²) in [6, 6.07) is 5.20. The predicted octanol–water partition coefficient (Wildman–Crippen LogP) is 2.90. The van der Waals surface area contributed by atoms with E-state index in [0.29, 0.717) is 17.1 Å². The Hall–Kier alpha value is -3.01. The topological polar surface area (TPSA) is 96.9 Å². The molecule has 0 aromatic carbocycles. The second-order valence-corrected chi connectivity index (χ2v) is 5.68. The van der Waals surface area contributed by atoms with Crippen LogP contribution in [0.4, 0.5) is 0 Å². The van der Waals surface area contributed by atoms with Crippen LogP contribution < -0.4 is 9.47 Å². The van der Waals surface area contributed by atoms with Crippen LogP contribution in [0.5, 0.6) is 11.6 Å². The predicted molar refractivity (Wildman–Crippen MR) is 87.9 cm³/mol. The van der Waals surface area contributed by atoms with Gasteiger partial charge < -0.3 is 14.6 Å². The standard InChI is InChI=1S/C17H19N3O4/c1-10(2)23-14-6-5-7-20-13(8-12(9-18)17(21)22)16(19-15(14)20)24-11(3)4/h5-8,10-11H,1-4H3,(H,21,22). The summed E-state index contributed by atoms with van der Waals surface area (Å²) >= 11 is 0. The number of aromatic nitrogens is 2.